The van der Waals surface area contributed by atoms with Gasteiger partial charge in [-0.3, -0.25) is 4.79 Å². The monoisotopic (exact) mass is 142 g/mol. The molecule has 0 radical (unpaired) electrons. The van der Waals surface area contributed by atoms with Gasteiger partial charge in [0.2, 0.25) is 5.91 Å². The van der Waals surface area contributed by atoms with E-state index in [2.05, 4.69) is 0 Å². The molecule has 0 aliphatic carbocycles. The van der Waals surface area contributed by atoms with Gasteiger partial charge in [-0.1, -0.05) is 0 Å². The molecule has 0 heterocycles. The SMILES string of the molecule is BCC(=O)N(CC)CCN. The molecule has 58 valence electrons. The summed E-state index contributed by atoms with van der Waals surface area (Å²) in [4.78, 5) is 12.8. The van der Waals surface area contributed by atoms with Crippen LogP contribution < -0.4 is 5.73 Å². The first-order valence-corrected chi connectivity index (χ1v) is 3.74. The van der Waals surface area contributed by atoms with E-state index < -0.39 is 0 Å². The van der Waals surface area contributed by atoms with Crippen molar-refractivity contribution >= 4 is 13.8 Å². The average molecular weight is 142 g/mol. The number of nitrogens with two attached hydrogens (primary N) is 1. The van der Waals surface area contributed by atoms with Crippen molar-refractivity contribution in [1.82, 2.24) is 4.90 Å². The first-order valence-electron chi connectivity index (χ1n) is 3.74. The van der Waals surface area contributed by atoms with E-state index in [1.165, 1.54) is 0 Å². The molecule has 4 heteroatoms. The zero-order valence-corrected chi connectivity index (χ0v) is 6.76. The van der Waals surface area contributed by atoms with Gasteiger partial charge in [0, 0.05) is 19.6 Å². The molecule has 0 spiro atoms. The van der Waals surface area contributed by atoms with Gasteiger partial charge in [0.1, 0.15) is 7.85 Å². The first-order chi connectivity index (χ1) is 4.76. The molecule has 0 fully saturated rings. The maximum atomic E-state index is 11.0. The summed E-state index contributed by atoms with van der Waals surface area (Å²) in [6, 6.07) is 0. The third kappa shape index (κ3) is 2.87. The third-order valence-corrected chi connectivity index (χ3v) is 1.44. The van der Waals surface area contributed by atoms with E-state index in [4.69, 9.17) is 5.73 Å². The van der Waals surface area contributed by atoms with Crippen molar-refractivity contribution in [2.75, 3.05) is 19.6 Å². The molecule has 0 aromatic rings. The summed E-state index contributed by atoms with van der Waals surface area (Å²) >= 11 is 0. The predicted molar refractivity (Wildman–Crippen MR) is 44.7 cm³/mol. The number of hydrogen-bond donors (Lipinski definition) is 1. The fourth-order valence-corrected chi connectivity index (χ4v) is 0.839. The van der Waals surface area contributed by atoms with E-state index in [1.807, 2.05) is 14.8 Å². The molecule has 0 aliphatic heterocycles. The Labute approximate surface area is 63.0 Å². The van der Waals surface area contributed by atoms with Crippen LogP contribution >= 0.6 is 0 Å². The zero-order chi connectivity index (χ0) is 7.98. The minimum absolute atomic E-state index is 0.188. The van der Waals surface area contributed by atoms with Crippen LogP contribution in [0.25, 0.3) is 0 Å². The van der Waals surface area contributed by atoms with Crippen LogP contribution in [0.1, 0.15) is 6.92 Å². The lowest BCUT2D eigenvalue weighted by Crippen LogP contribution is -2.34. The number of rotatable bonds is 4. The summed E-state index contributed by atoms with van der Waals surface area (Å²) in [5, 5.41) is 0. The number of likely N-dealkylation sites (N-methyl/N-ethyl adjacent to an activating group) is 1. The Morgan fingerprint density at radius 1 is 1.70 bits per heavy atom. The lowest BCUT2D eigenvalue weighted by molar-refractivity contribution is -0.128. The molecule has 1 amide bonds. The number of amides is 1. The maximum absolute atomic E-state index is 11.0. The van der Waals surface area contributed by atoms with Gasteiger partial charge < -0.3 is 10.6 Å². The average Bonchev–Trinajstić information content (AvgIpc) is 1.99. The summed E-state index contributed by atoms with van der Waals surface area (Å²) in [7, 11) is 1.86. The molecule has 2 N–H and O–H groups in total. The molecular weight excluding hydrogens is 127 g/mol. The van der Waals surface area contributed by atoms with Gasteiger partial charge in [0.25, 0.3) is 0 Å². The fourth-order valence-electron chi connectivity index (χ4n) is 0.839. The van der Waals surface area contributed by atoms with E-state index in [-0.39, 0.29) is 5.91 Å². The van der Waals surface area contributed by atoms with Gasteiger partial charge >= 0.3 is 0 Å². The number of carbonyl (C=O) groups is 1. The van der Waals surface area contributed by atoms with Crippen LogP contribution in [0.4, 0.5) is 0 Å². The van der Waals surface area contributed by atoms with E-state index >= 15 is 0 Å². The molecule has 3 nitrogen and oxygen atoms in total. The highest BCUT2D eigenvalue weighted by molar-refractivity contribution is 6.19. The molecule has 10 heavy (non-hydrogen) atoms. The van der Waals surface area contributed by atoms with Crippen molar-refractivity contribution in [3.8, 4) is 0 Å². The molecule has 0 unspecified atom stereocenters. The van der Waals surface area contributed by atoms with E-state index in [9.17, 15) is 4.79 Å². The Balaban J connectivity index is 3.68. The van der Waals surface area contributed by atoms with Gasteiger partial charge in [-0.15, -0.1) is 0 Å². The van der Waals surface area contributed by atoms with Crippen molar-refractivity contribution in [3.05, 3.63) is 0 Å². The molecule has 0 rings (SSSR count). The van der Waals surface area contributed by atoms with Crippen LogP contribution in [-0.4, -0.2) is 38.3 Å². The minimum atomic E-state index is 0.188. The number of nitrogens with zero attached hydrogens (tertiary/aromatic N) is 1. The molecular formula is C6H15BN2O. The van der Waals surface area contributed by atoms with Crippen LogP contribution in [0.3, 0.4) is 0 Å². The zero-order valence-electron chi connectivity index (χ0n) is 6.76. The van der Waals surface area contributed by atoms with E-state index in [0.29, 0.717) is 19.4 Å². The Morgan fingerprint density at radius 3 is 2.60 bits per heavy atom. The first kappa shape index (κ1) is 9.49. The quantitative estimate of drug-likeness (QED) is 0.503. The summed E-state index contributed by atoms with van der Waals surface area (Å²) in [5.74, 6) is 0.188. The van der Waals surface area contributed by atoms with Crippen molar-refractivity contribution in [1.29, 1.82) is 0 Å². The minimum Gasteiger partial charge on any atom is -0.342 e. The van der Waals surface area contributed by atoms with E-state index in [1.54, 1.807) is 4.90 Å². The van der Waals surface area contributed by atoms with Crippen molar-refractivity contribution in [2.45, 2.75) is 13.2 Å². The second-order valence-electron chi connectivity index (χ2n) is 2.12. The lowest BCUT2D eigenvalue weighted by atomic mass is 10.0. The van der Waals surface area contributed by atoms with Gasteiger partial charge in [0.15, 0.2) is 0 Å². The second-order valence-corrected chi connectivity index (χ2v) is 2.12. The molecule has 0 aromatic carbocycles. The summed E-state index contributed by atoms with van der Waals surface area (Å²) < 4.78 is 0. The van der Waals surface area contributed by atoms with Gasteiger partial charge in [-0.2, -0.15) is 0 Å². The smallest absolute Gasteiger partial charge is 0.214 e. The Hall–Kier alpha value is -0.505. The Kier molecular flexibility index (Phi) is 5.03. The normalized spacial score (nSPS) is 9.40. The summed E-state index contributed by atoms with van der Waals surface area (Å²) in [5.41, 5.74) is 5.30. The van der Waals surface area contributed by atoms with Crippen LogP contribution in [0.5, 0.6) is 0 Å². The highest BCUT2D eigenvalue weighted by Crippen LogP contribution is 1.90. The van der Waals surface area contributed by atoms with Crippen LogP contribution in [-0.2, 0) is 4.79 Å². The molecule has 0 atom stereocenters. The molecule has 0 aliphatic rings. The maximum Gasteiger partial charge on any atom is 0.214 e. The standard InChI is InChI=1S/C6H15BN2O/c1-2-9(4-3-8)6(10)5-7/h2-5,7-8H2,1H3. The predicted octanol–water partition coefficient (Wildman–Crippen LogP) is -1.15. The topological polar surface area (TPSA) is 46.3 Å². The highest BCUT2D eigenvalue weighted by Gasteiger charge is 2.05. The van der Waals surface area contributed by atoms with Crippen LogP contribution in [0, 0.1) is 0 Å². The van der Waals surface area contributed by atoms with Gasteiger partial charge in [0.05, 0.1) is 0 Å². The van der Waals surface area contributed by atoms with Crippen LogP contribution in [0.2, 0.25) is 6.32 Å². The molecule has 0 aromatic heterocycles. The number of carbonyl (C=O) groups excluding carboxylic acids is 1. The number of hydrogen-bond acceptors (Lipinski definition) is 2. The Morgan fingerprint density at radius 2 is 2.30 bits per heavy atom. The van der Waals surface area contributed by atoms with Crippen molar-refractivity contribution in [3.63, 3.8) is 0 Å². The van der Waals surface area contributed by atoms with Gasteiger partial charge in [-0.05, 0) is 13.2 Å². The molecule has 0 bridgehead atoms. The summed E-state index contributed by atoms with van der Waals surface area (Å²) in [6.45, 7) is 3.97. The second kappa shape index (κ2) is 5.29. The van der Waals surface area contributed by atoms with Crippen LogP contribution in [0.15, 0.2) is 0 Å². The van der Waals surface area contributed by atoms with E-state index in [0.717, 1.165) is 6.54 Å². The van der Waals surface area contributed by atoms with Crippen molar-refractivity contribution < 1.29 is 4.79 Å². The fraction of sp³-hybridized carbons (Fsp3) is 0.833. The molecule has 0 saturated heterocycles. The van der Waals surface area contributed by atoms with Gasteiger partial charge in [-0.25, -0.2) is 0 Å². The Bertz CT molecular complexity index is 108. The highest BCUT2D eigenvalue weighted by atomic mass is 16.2. The largest absolute Gasteiger partial charge is 0.342 e. The third-order valence-electron chi connectivity index (χ3n) is 1.44. The van der Waals surface area contributed by atoms with Crippen molar-refractivity contribution in [2.24, 2.45) is 5.73 Å². The lowest BCUT2D eigenvalue weighted by Gasteiger charge is -2.18. The summed E-state index contributed by atoms with van der Waals surface area (Å²) in [6.07, 6.45) is 0.577. The molecule has 0 saturated carbocycles.